The number of rotatable bonds is 3. The van der Waals surface area contributed by atoms with Crippen molar-refractivity contribution in [2.75, 3.05) is 12.8 Å². The molecule has 0 spiro atoms. The van der Waals surface area contributed by atoms with Gasteiger partial charge in [0, 0.05) is 11.5 Å². The first-order valence-electron chi connectivity index (χ1n) is 6.78. The molecule has 1 aromatic heterocycles. The minimum Gasteiger partial charge on any atom is -0.497 e. The molecule has 1 heterocycles. The third kappa shape index (κ3) is 3.42. The fraction of sp³-hybridized carbons (Fsp3) is 0.375. The molecule has 0 saturated heterocycles. The van der Waals surface area contributed by atoms with Crippen molar-refractivity contribution in [1.82, 2.24) is 9.97 Å². The maximum Gasteiger partial charge on any atom is 0.227 e. The molecule has 0 saturated carbocycles. The van der Waals surface area contributed by atoms with E-state index in [-0.39, 0.29) is 5.41 Å². The van der Waals surface area contributed by atoms with Crippen LogP contribution in [0.1, 0.15) is 32.2 Å². The van der Waals surface area contributed by atoms with E-state index in [1.807, 2.05) is 45.9 Å². The van der Waals surface area contributed by atoms with Crippen LogP contribution in [0.5, 0.6) is 17.4 Å². The number of benzene rings is 1. The van der Waals surface area contributed by atoms with Crippen molar-refractivity contribution in [1.29, 1.82) is 0 Å². The van der Waals surface area contributed by atoms with Crippen LogP contribution in [0.15, 0.2) is 24.3 Å². The fourth-order valence-electron chi connectivity index (χ4n) is 1.72. The second kappa shape index (κ2) is 5.60. The number of nitrogen functional groups attached to an aromatic ring is 1. The van der Waals surface area contributed by atoms with Crippen molar-refractivity contribution in [2.24, 2.45) is 0 Å². The summed E-state index contributed by atoms with van der Waals surface area (Å²) in [4.78, 5) is 8.84. The molecule has 0 aliphatic carbocycles. The fourth-order valence-corrected chi connectivity index (χ4v) is 1.72. The van der Waals surface area contributed by atoms with Gasteiger partial charge in [0.15, 0.2) is 0 Å². The Morgan fingerprint density at radius 1 is 1.10 bits per heavy atom. The van der Waals surface area contributed by atoms with E-state index in [1.165, 1.54) is 0 Å². The summed E-state index contributed by atoms with van der Waals surface area (Å²) in [7, 11) is 1.62. The van der Waals surface area contributed by atoms with E-state index < -0.39 is 0 Å². The highest BCUT2D eigenvalue weighted by Crippen LogP contribution is 2.30. The van der Waals surface area contributed by atoms with Gasteiger partial charge in [-0.05, 0) is 19.1 Å². The summed E-state index contributed by atoms with van der Waals surface area (Å²) in [6, 6.07) is 7.36. The van der Waals surface area contributed by atoms with Crippen LogP contribution in [0.3, 0.4) is 0 Å². The van der Waals surface area contributed by atoms with Gasteiger partial charge < -0.3 is 15.2 Å². The number of methoxy groups -OCH3 is 1. The van der Waals surface area contributed by atoms with E-state index in [0.29, 0.717) is 23.3 Å². The summed E-state index contributed by atoms with van der Waals surface area (Å²) in [5, 5.41) is 0. The van der Waals surface area contributed by atoms with E-state index in [1.54, 1.807) is 13.2 Å². The highest BCUT2D eigenvalue weighted by atomic mass is 16.5. The lowest BCUT2D eigenvalue weighted by atomic mass is 9.95. The van der Waals surface area contributed by atoms with E-state index >= 15 is 0 Å². The molecule has 0 amide bonds. The van der Waals surface area contributed by atoms with Gasteiger partial charge in [0.2, 0.25) is 5.88 Å². The standard InChI is InChI=1S/C16H21N3O2/c1-10-13(17)18-15(16(2,3)4)19-14(10)21-12-8-6-7-11(9-12)20-5/h6-9H,1-5H3,(H2,17,18,19). The molecule has 5 heteroatoms. The predicted octanol–water partition coefficient (Wildman–Crippen LogP) is 3.47. The quantitative estimate of drug-likeness (QED) is 0.936. The van der Waals surface area contributed by atoms with Crippen LogP contribution in [-0.2, 0) is 5.41 Å². The van der Waals surface area contributed by atoms with Gasteiger partial charge in [-0.15, -0.1) is 0 Å². The molecule has 2 N–H and O–H groups in total. The van der Waals surface area contributed by atoms with Gasteiger partial charge in [-0.3, -0.25) is 0 Å². The average Bonchev–Trinajstić information content (AvgIpc) is 2.42. The molecule has 0 radical (unpaired) electrons. The highest BCUT2D eigenvalue weighted by Gasteiger charge is 2.21. The first kappa shape index (κ1) is 15.1. The first-order chi connectivity index (χ1) is 9.81. The van der Waals surface area contributed by atoms with Crippen LogP contribution in [0, 0.1) is 6.92 Å². The monoisotopic (exact) mass is 287 g/mol. The van der Waals surface area contributed by atoms with Crippen LogP contribution in [0.25, 0.3) is 0 Å². The van der Waals surface area contributed by atoms with Crippen LogP contribution < -0.4 is 15.2 Å². The van der Waals surface area contributed by atoms with Crippen LogP contribution in [-0.4, -0.2) is 17.1 Å². The van der Waals surface area contributed by atoms with Crippen molar-refractivity contribution < 1.29 is 9.47 Å². The Balaban J connectivity index is 2.41. The number of hydrogen-bond donors (Lipinski definition) is 1. The van der Waals surface area contributed by atoms with Crippen molar-refractivity contribution >= 4 is 5.82 Å². The number of ether oxygens (including phenoxy) is 2. The maximum atomic E-state index is 5.97. The Morgan fingerprint density at radius 2 is 1.76 bits per heavy atom. The Kier molecular flexibility index (Phi) is 4.02. The third-order valence-corrected chi connectivity index (χ3v) is 3.07. The van der Waals surface area contributed by atoms with Crippen LogP contribution in [0.2, 0.25) is 0 Å². The first-order valence-corrected chi connectivity index (χ1v) is 6.78. The Labute approximate surface area is 125 Å². The summed E-state index contributed by atoms with van der Waals surface area (Å²) >= 11 is 0. The van der Waals surface area contributed by atoms with Crippen molar-refractivity contribution in [3.8, 4) is 17.4 Å². The molecule has 2 rings (SSSR count). The molecule has 0 atom stereocenters. The minimum absolute atomic E-state index is 0.200. The summed E-state index contributed by atoms with van der Waals surface area (Å²) in [5.41, 5.74) is 6.50. The zero-order valence-corrected chi connectivity index (χ0v) is 13.1. The summed E-state index contributed by atoms with van der Waals surface area (Å²) < 4.78 is 11.0. The molecule has 21 heavy (non-hydrogen) atoms. The average molecular weight is 287 g/mol. The number of nitrogens with two attached hydrogens (primary N) is 1. The summed E-state index contributed by atoms with van der Waals surface area (Å²) in [6.45, 7) is 7.95. The van der Waals surface area contributed by atoms with Gasteiger partial charge in [0.1, 0.15) is 23.1 Å². The molecular weight excluding hydrogens is 266 g/mol. The molecular formula is C16H21N3O2. The van der Waals surface area contributed by atoms with Crippen molar-refractivity contribution in [2.45, 2.75) is 33.1 Å². The normalized spacial score (nSPS) is 11.3. The van der Waals surface area contributed by atoms with E-state index in [9.17, 15) is 0 Å². The molecule has 0 fully saturated rings. The van der Waals surface area contributed by atoms with E-state index in [4.69, 9.17) is 15.2 Å². The molecule has 0 bridgehead atoms. The van der Waals surface area contributed by atoms with Gasteiger partial charge in [-0.1, -0.05) is 26.8 Å². The topological polar surface area (TPSA) is 70.3 Å². The lowest BCUT2D eigenvalue weighted by Gasteiger charge is -2.19. The number of hydrogen-bond acceptors (Lipinski definition) is 5. The highest BCUT2D eigenvalue weighted by molar-refractivity contribution is 5.47. The molecule has 1 aromatic carbocycles. The summed E-state index contributed by atoms with van der Waals surface area (Å²) in [5.74, 6) is 2.94. The second-order valence-electron chi connectivity index (χ2n) is 5.89. The van der Waals surface area contributed by atoms with Gasteiger partial charge in [0.25, 0.3) is 0 Å². The lowest BCUT2D eigenvalue weighted by Crippen LogP contribution is -2.18. The van der Waals surface area contributed by atoms with Gasteiger partial charge in [-0.2, -0.15) is 4.98 Å². The van der Waals surface area contributed by atoms with E-state index in [0.717, 1.165) is 11.3 Å². The Morgan fingerprint density at radius 3 is 2.38 bits per heavy atom. The third-order valence-electron chi connectivity index (χ3n) is 3.07. The molecule has 2 aromatic rings. The smallest absolute Gasteiger partial charge is 0.227 e. The van der Waals surface area contributed by atoms with Crippen LogP contribution >= 0.6 is 0 Å². The largest absolute Gasteiger partial charge is 0.497 e. The van der Waals surface area contributed by atoms with Gasteiger partial charge >= 0.3 is 0 Å². The SMILES string of the molecule is COc1cccc(Oc2nc(C(C)(C)C)nc(N)c2C)c1. The minimum atomic E-state index is -0.200. The van der Waals surface area contributed by atoms with Gasteiger partial charge in [0.05, 0.1) is 12.7 Å². The maximum absolute atomic E-state index is 5.97. The summed E-state index contributed by atoms with van der Waals surface area (Å²) in [6.07, 6.45) is 0. The molecule has 0 aliphatic rings. The van der Waals surface area contributed by atoms with Crippen molar-refractivity contribution in [3.05, 3.63) is 35.7 Å². The van der Waals surface area contributed by atoms with Crippen molar-refractivity contribution in [3.63, 3.8) is 0 Å². The zero-order chi connectivity index (χ0) is 15.6. The number of aromatic nitrogens is 2. The molecule has 112 valence electrons. The predicted molar refractivity (Wildman–Crippen MR) is 82.9 cm³/mol. The molecule has 5 nitrogen and oxygen atoms in total. The van der Waals surface area contributed by atoms with E-state index in [2.05, 4.69) is 9.97 Å². The Hall–Kier alpha value is -2.30. The van der Waals surface area contributed by atoms with Crippen LogP contribution in [0.4, 0.5) is 5.82 Å². The number of nitrogens with zero attached hydrogens (tertiary/aromatic N) is 2. The lowest BCUT2D eigenvalue weighted by molar-refractivity contribution is 0.405. The zero-order valence-electron chi connectivity index (χ0n) is 13.1. The molecule has 0 aliphatic heterocycles. The Bertz CT molecular complexity index is 648. The molecule has 0 unspecified atom stereocenters. The van der Waals surface area contributed by atoms with Gasteiger partial charge in [-0.25, -0.2) is 4.98 Å². The second-order valence-corrected chi connectivity index (χ2v) is 5.89. The number of anilines is 1.